The van der Waals surface area contributed by atoms with Crippen LogP contribution in [-0.4, -0.2) is 27.2 Å². The minimum absolute atomic E-state index is 0.280. The highest BCUT2D eigenvalue weighted by molar-refractivity contribution is 7.91. The Morgan fingerprint density at radius 3 is 2.76 bits per heavy atom. The van der Waals surface area contributed by atoms with E-state index in [1.54, 1.807) is 18.2 Å². The Morgan fingerprint density at radius 2 is 2.18 bits per heavy atom. The number of carbonyl (C=O) groups is 1. The molecular weight excluding hydrogens is 242 g/mol. The number of hydrogen-bond donors (Lipinski definition) is 0. The van der Waals surface area contributed by atoms with E-state index in [1.165, 1.54) is 6.07 Å². The van der Waals surface area contributed by atoms with Gasteiger partial charge in [0, 0.05) is 0 Å². The smallest absolute Gasteiger partial charge is 0.320 e. The Kier molecular flexibility index (Phi) is 4.24. The van der Waals surface area contributed by atoms with Crippen molar-refractivity contribution >= 4 is 15.8 Å². The van der Waals surface area contributed by atoms with E-state index < -0.39 is 21.6 Å². The molecule has 90 valence electrons. The van der Waals surface area contributed by atoms with Crippen molar-refractivity contribution in [2.75, 3.05) is 12.9 Å². The molecule has 0 saturated carbocycles. The molecule has 1 aromatic rings. The molecule has 5 nitrogen and oxygen atoms in total. The highest BCUT2D eigenvalue weighted by Crippen LogP contribution is 2.09. The largest absolute Gasteiger partial charge is 0.468 e. The van der Waals surface area contributed by atoms with Gasteiger partial charge >= 0.3 is 5.97 Å². The maximum Gasteiger partial charge on any atom is 0.320 e. The zero-order valence-corrected chi connectivity index (χ0v) is 10.0. The van der Waals surface area contributed by atoms with Gasteiger partial charge in [0.05, 0.1) is 24.5 Å². The third-order valence-corrected chi connectivity index (χ3v) is 3.46. The summed E-state index contributed by atoms with van der Waals surface area (Å²) in [6.45, 7) is 0. The molecule has 0 aromatic heterocycles. The van der Waals surface area contributed by atoms with Gasteiger partial charge in [0.25, 0.3) is 0 Å². The topological polar surface area (TPSA) is 84.2 Å². The van der Waals surface area contributed by atoms with Gasteiger partial charge in [-0.1, -0.05) is 12.1 Å². The van der Waals surface area contributed by atoms with Gasteiger partial charge in [0.1, 0.15) is 5.75 Å². The van der Waals surface area contributed by atoms with Gasteiger partial charge < -0.3 is 4.74 Å². The van der Waals surface area contributed by atoms with Gasteiger partial charge in [0.15, 0.2) is 9.84 Å². The quantitative estimate of drug-likeness (QED) is 0.735. The first-order chi connectivity index (χ1) is 7.96. The number of rotatable bonds is 4. The Labute approximate surface area is 99.5 Å². The molecule has 0 N–H and O–H groups in total. The van der Waals surface area contributed by atoms with E-state index in [0.717, 1.165) is 7.11 Å². The summed E-state index contributed by atoms with van der Waals surface area (Å²) < 4.78 is 27.5. The number of nitrogens with zero attached hydrogens (tertiary/aromatic N) is 1. The van der Waals surface area contributed by atoms with Gasteiger partial charge in [-0.25, -0.2) is 8.42 Å². The summed E-state index contributed by atoms with van der Waals surface area (Å²) in [5, 5.41) is 8.67. The standard InChI is InChI=1S/C11H11NO4S/c1-16-11(13)8-17(14,15)7-10-4-2-3-9(5-10)6-12/h2-5H,7-8H2,1H3. The van der Waals surface area contributed by atoms with E-state index in [0.29, 0.717) is 11.1 Å². The Bertz CT molecular complexity index is 557. The average molecular weight is 253 g/mol. The summed E-state index contributed by atoms with van der Waals surface area (Å²) >= 11 is 0. The molecule has 0 radical (unpaired) electrons. The van der Waals surface area contributed by atoms with Crippen molar-refractivity contribution in [1.29, 1.82) is 5.26 Å². The van der Waals surface area contributed by atoms with E-state index in [4.69, 9.17) is 5.26 Å². The SMILES string of the molecule is COC(=O)CS(=O)(=O)Cc1cccc(C#N)c1. The van der Waals surface area contributed by atoms with Crippen LogP contribution in [-0.2, 0) is 25.1 Å². The highest BCUT2D eigenvalue weighted by Gasteiger charge is 2.17. The van der Waals surface area contributed by atoms with Gasteiger partial charge in [0.2, 0.25) is 0 Å². The third-order valence-electron chi connectivity index (χ3n) is 2.01. The molecular formula is C11H11NO4S. The molecule has 17 heavy (non-hydrogen) atoms. The van der Waals surface area contributed by atoms with E-state index in [1.807, 2.05) is 6.07 Å². The summed E-state index contributed by atoms with van der Waals surface area (Å²) in [7, 11) is -2.42. The van der Waals surface area contributed by atoms with Crippen LogP contribution in [0.1, 0.15) is 11.1 Å². The van der Waals surface area contributed by atoms with Crippen molar-refractivity contribution in [2.24, 2.45) is 0 Å². The van der Waals surface area contributed by atoms with Crippen molar-refractivity contribution in [1.82, 2.24) is 0 Å². The fourth-order valence-electron chi connectivity index (χ4n) is 1.27. The fraction of sp³-hybridized carbons (Fsp3) is 0.273. The zero-order chi connectivity index (χ0) is 12.9. The number of methoxy groups -OCH3 is 1. The number of hydrogen-bond acceptors (Lipinski definition) is 5. The van der Waals surface area contributed by atoms with E-state index >= 15 is 0 Å². The number of sulfone groups is 1. The maximum atomic E-state index is 11.6. The van der Waals surface area contributed by atoms with Crippen LogP contribution in [0.3, 0.4) is 0 Å². The molecule has 0 aliphatic heterocycles. The molecule has 0 heterocycles. The Hall–Kier alpha value is -1.87. The van der Waals surface area contributed by atoms with Crippen LogP contribution in [0.5, 0.6) is 0 Å². The van der Waals surface area contributed by atoms with Crippen LogP contribution in [0.25, 0.3) is 0 Å². The lowest BCUT2D eigenvalue weighted by Gasteiger charge is -2.03. The molecule has 1 rings (SSSR count). The average Bonchev–Trinajstić information content (AvgIpc) is 2.27. The zero-order valence-electron chi connectivity index (χ0n) is 9.21. The minimum Gasteiger partial charge on any atom is -0.468 e. The van der Waals surface area contributed by atoms with E-state index in [-0.39, 0.29) is 5.75 Å². The van der Waals surface area contributed by atoms with Crippen LogP contribution >= 0.6 is 0 Å². The summed E-state index contributed by atoms with van der Waals surface area (Å²) in [5.74, 6) is -1.72. The monoisotopic (exact) mass is 253 g/mol. The van der Waals surface area contributed by atoms with Crippen molar-refractivity contribution in [3.05, 3.63) is 35.4 Å². The van der Waals surface area contributed by atoms with E-state index in [2.05, 4.69) is 4.74 Å². The lowest BCUT2D eigenvalue weighted by Crippen LogP contribution is -2.18. The molecule has 0 aliphatic rings. The number of ether oxygens (including phenoxy) is 1. The first-order valence-electron chi connectivity index (χ1n) is 4.73. The third kappa shape index (κ3) is 4.25. The number of benzene rings is 1. The fourth-order valence-corrected chi connectivity index (χ4v) is 2.54. The van der Waals surface area contributed by atoms with Crippen molar-refractivity contribution < 1.29 is 17.9 Å². The molecule has 0 aliphatic carbocycles. The van der Waals surface area contributed by atoms with Gasteiger partial charge in [-0.3, -0.25) is 4.79 Å². The molecule has 0 unspecified atom stereocenters. The molecule has 0 spiro atoms. The predicted molar refractivity (Wildman–Crippen MR) is 60.7 cm³/mol. The van der Waals surface area contributed by atoms with Crippen molar-refractivity contribution in [2.45, 2.75) is 5.75 Å². The molecule has 0 amide bonds. The maximum absolute atomic E-state index is 11.6. The van der Waals surface area contributed by atoms with Crippen molar-refractivity contribution in [3.8, 4) is 6.07 Å². The second-order valence-corrected chi connectivity index (χ2v) is 5.49. The summed E-state index contributed by atoms with van der Waals surface area (Å²) in [6.07, 6.45) is 0. The minimum atomic E-state index is -3.55. The normalized spacial score (nSPS) is 10.6. The van der Waals surface area contributed by atoms with Gasteiger partial charge in [-0.2, -0.15) is 5.26 Å². The summed E-state index contributed by atoms with van der Waals surface area (Å²) in [6, 6.07) is 8.17. The number of nitriles is 1. The first kappa shape index (κ1) is 13.2. The van der Waals surface area contributed by atoms with Crippen LogP contribution < -0.4 is 0 Å². The molecule has 0 bridgehead atoms. The number of esters is 1. The Balaban J connectivity index is 2.83. The molecule has 0 fully saturated rings. The summed E-state index contributed by atoms with van der Waals surface area (Å²) in [5.41, 5.74) is 0.865. The molecule has 0 atom stereocenters. The van der Waals surface area contributed by atoms with Crippen LogP contribution in [0.4, 0.5) is 0 Å². The lowest BCUT2D eigenvalue weighted by atomic mass is 10.2. The Morgan fingerprint density at radius 1 is 1.47 bits per heavy atom. The van der Waals surface area contributed by atoms with Crippen LogP contribution in [0.15, 0.2) is 24.3 Å². The first-order valence-corrected chi connectivity index (χ1v) is 6.55. The lowest BCUT2D eigenvalue weighted by molar-refractivity contribution is -0.137. The highest BCUT2D eigenvalue weighted by atomic mass is 32.2. The van der Waals surface area contributed by atoms with Crippen LogP contribution in [0.2, 0.25) is 0 Å². The summed E-state index contributed by atoms with van der Waals surface area (Å²) in [4.78, 5) is 10.9. The van der Waals surface area contributed by atoms with Gasteiger partial charge in [-0.15, -0.1) is 0 Å². The number of carbonyl (C=O) groups excluding carboxylic acids is 1. The van der Waals surface area contributed by atoms with E-state index in [9.17, 15) is 13.2 Å². The molecule has 1 aromatic carbocycles. The predicted octanol–water partition coefficient (Wildman–Crippen LogP) is 0.646. The van der Waals surface area contributed by atoms with Crippen molar-refractivity contribution in [3.63, 3.8) is 0 Å². The second kappa shape index (κ2) is 5.46. The molecule has 0 saturated heterocycles. The van der Waals surface area contributed by atoms with Gasteiger partial charge in [-0.05, 0) is 17.7 Å². The molecule has 6 heteroatoms. The van der Waals surface area contributed by atoms with Crippen LogP contribution in [0, 0.1) is 11.3 Å². The second-order valence-electron chi connectivity index (χ2n) is 3.42.